The molecule has 16 heavy (non-hydrogen) atoms. The Balaban J connectivity index is 2.15. The number of methoxy groups -OCH3 is 2. The molecule has 3 nitrogen and oxygen atoms in total. The Kier molecular flexibility index (Phi) is 3.93. The Morgan fingerprint density at radius 1 is 1.12 bits per heavy atom. The largest absolute Gasteiger partial charge is 0.356 e. The predicted molar refractivity (Wildman–Crippen MR) is 63.3 cm³/mol. The van der Waals surface area contributed by atoms with Gasteiger partial charge in [-0.05, 0) is 5.56 Å². The second kappa shape index (κ2) is 5.43. The smallest absolute Gasteiger partial charge is 0.161 e. The molecule has 0 saturated carbocycles. The molecule has 1 aliphatic heterocycles. The van der Waals surface area contributed by atoms with Gasteiger partial charge >= 0.3 is 0 Å². The molecule has 2 atom stereocenters. The van der Waals surface area contributed by atoms with Crippen LogP contribution in [0.5, 0.6) is 0 Å². The van der Waals surface area contributed by atoms with E-state index in [4.69, 9.17) is 9.47 Å². The second-order valence-electron chi connectivity index (χ2n) is 4.18. The van der Waals surface area contributed by atoms with Crippen molar-refractivity contribution >= 4 is 0 Å². The van der Waals surface area contributed by atoms with Crippen molar-refractivity contribution in [2.24, 2.45) is 5.92 Å². The molecule has 1 aromatic rings. The molecular formula is C13H19NO2. The lowest BCUT2D eigenvalue weighted by atomic mass is 9.88. The molecule has 0 unspecified atom stereocenters. The summed E-state index contributed by atoms with van der Waals surface area (Å²) in [5.41, 5.74) is 1.36. The zero-order valence-corrected chi connectivity index (χ0v) is 9.85. The van der Waals surface area contributed by atoms with E-state index in [0.29, 0.717) is 11.8 Å². The molecule has 88 valence electrons. The van der Waals surface area contributed by atoms with E-state index >= 15 is 0 Å². The van der Waals surface area contributed by atoms with Gasteiger partial charge in [-0.2, -0.15) is 0 Å². The fourth-order valence-corrected chi connectivity index (χ4v) is 2.50. The van der Waals surface area contributed by atoms with Crippen LogP contribution in [0.25, 0.3) is 0 Å². The summed E-state index contributed by atoms with van der Waals surface area (Å²) in [5, 5.41) is 3.41. The van der Waals surface area contributed by atoms with Gasteiger partial charge < -0.3 is 14.8 Å². The Morgan fingerprint density at radius 2 is 1.81 bits per heavy atom. The first-order valence-corrected chi connectivity index (χ1v) is 5.68. The van der Waals surface area contributed by atoms with E-state index in [0.717, 1.165) is 13.1 Å². The molecule has 0 aliphatic carbocycles. The van der Waals surface area contributed by atoms with Crippen molar-refractivity contribution in [1.82, 2.24) is 5.32 Å². The lowest BCUT2D eigenvalue weighted by molar-refractivity contribution is -0.135. The summed E-state index contributed by atoms with van der Waals surface area (Å²) in [6.07, 6.45) is -0.125. The molecule has 1 aliphatic rings. The molecule has 3 heteroatoms. The van der Waals surface area contributed by atoms with Crippen LogP contribution in [0, 0.1) is 5.92 Å². The number of ether oxygens (including phenoxy) is 2. The van der Waals surface area contributed by atoms with Gasteiger partial charge in [-0.3, -0.25) is 0 Å². The van der Waals surface area contributed by atoms with Gasteiger partial charge in [0, 0.05) is 39.1 Å². The summed E-state index contributed by atoms with van der Waals surface area (Å²) >= 11 is 0. The molecule has 0 spiro atoms. The number of rotatable bonds is 4. The van der Waals surface area contributed by atoms with Crippen molar-refractivity contribution in [3.63, 3.8) is 0 Å². The van der Waals surface area contributed by atoms with E-state index < -0.39 is 0 Å². The number of nitrogens with one attached hydrogen (secondary N) is 1. The Morgan fingerprint density at radius 3 is 2.44 bits per heavy atom. The zero-order chi connectivity index (χ0) is 11.4. The zero-order valence-electron chi connectivity index (χ0n) is 9.85. The molecular weight excluding hydrogens is 202 g/mol. The van der Waals surface area contributed by atoms with E-state index in [1.807, 2.05) is 6.07 Å². The van der Waals surface area contributed by atoms with Gasteiger partial charge in [0.1, 0.15) is 0 Å². The molecule has 0 aromatic heterocycles. The van der Waals surface area contributed by atoms with E-state index in [1.165, 1.54) is 5.56 Å². The molecule has 0 bridgehead atoms. The van der Waals surface area contributed by atoms with Crippen LogP contribution in [0.1, 0.15) is 11.5 Å². The summed E-state index contributed by atoms with van der Waals surface area (Å²) in [4.78, 5) is 0. The van der Waals surface area contributed by atoms with Crippen molar-refractivity contribution in [2.45, 2.75) is 12.2 Å². The molecule has 1 saturated heterocycles. The minimum Gasteiger partial charge on any atom is -0.356 e. The van der Waals surface area contributed by atoms with Crippen molar-refractivity contribution in [1.29, 1.82) is 0 Å². The quantitative estimate of drug-likeness (QED) is 0.784. The predicted octanol–water partition coefficient (Wildman–Crippen LogP) is 1.61. The van der Waals surface area contributed by atoms with E-state index in [1.54, 1.807) is 14.2 Å². The highest BCUT2D eigenvalue weighted by Gasteiger charge is 2.34. The van der Waals surface area contributed by atoms with Crippen LogP contribution in [0.15, 0.2) is 30.3 Å². The van der Waals surface area contributed by atoms with Crippen molar-refractivity contribution in [3.05, 3.63) is 35.9 Å². The van der Waals surface area contributed by atoms with Crippen LogP contribution in [0.4, 0.5) is 0 Å². The third-order valence-electron chi connectivity index (χ3n) is 3.30. The summed E-state index contributed by atoms with van der Waals surface area (Å²) in [7, 11) is 3.41. The van der Waals surface area contributed by atoms with E-state index in [-0.39, 0.29) is 6.29 Å². The number of hydrogen-bond donors (Lipinski definition) is 1. The maximum Gasteiger partial charge on any atom is 0.161 e. The van der Waals surface area contributed by atoms with E-state index in [2.05, 4.69) is 29.6 Å². The maximum atomic E-state index is 5.37. The molecule has 0 radical (unpaired) electrons. The lowest BCUT2D eigenvalue weighted by Gasteiger charge is -2.25. The molecule has 1 fully saturated rings. The van der Waals surface area contributed by atoms with Crippen LogP contribution >= 0.6 is 0 Å². The van der Waals surface area contributed by atoms with Crippen molar-refractivity contribution in [2.75, 3.05) is 27.3 Å². The summed E-state index contributed by atoms with van der Waals surface area (Å²) in [6, 6.07) is 10.6. The average molecular weight is 221 g/mol. The minimum absolute atomic E-state index is 0.125. The van der Waals surface area contributed by atoms with Crippen LogP contribution in [0.3, 0.4) is 0 Å². The third-order valence-corrected chi connectivity index (χ3v) is 3.30. The van der Waals surface area contributed by atoms with Gasteiger partial charge in [-0.1, -0.05) is 30.3 Å². The second-order valence-corrected chi connectivity index (χ2v) is 4.18. The van der Waals surface area contributed by atoms with Crippen molar-refractivity contribution < 1.29 is 9.47 Å². The van der Waals surface area contributed by atoms with Gasteiger partial charge in [-0.15, -0.1) is 0 Å². The fraction of sp³-hybridized carbons (Fsp3) is 0.538. The van der Waals surface area contributed by atoms with Crippen LogP contribution in [-0.4, -0.2) is 33.6 Å². The molecule has 2 rings (SSSR count). The number of hydrogen-bond acceptors (Lipinski definition) is 3. The number of benzene rings is 1. The highest BCUT2D eigenvalue weighted by molar-refractivity contribution is 5.22. The first-order chi connectivity index (χ1) is 7.86. The molecule has 1 heterocycles. The highest BCUT2D eigenvalue weighted by atomic mass is 16.7. The van der Waals surface area contributed by atoms with Gasteiger partial charge in [0.05, 0.1) is 0 Å². The Labute approximate surface area is 96.8 Å². The van der Waals surface area contributed by atoms with Gasteiger partial charge in [0.25, 0.3) is 0 Å². The third kappa shape index (κ3) is 2.26. The van der Waals surface area contributed by atoms with Gasteiger partial charge in [0.2, 0.25) is 0 Å². The molecule has 1 N–H and O–H groups in total. The van der Waals surface area contributed by atoms with Gasteiger partial charge in [0.15, 0.2) is 6.29 Å². The molecule has 1 aromatic carbocycles. The monoisotopic (exact) mass is 221 g/mol. The standard InChI is InChI=1S/C13H19NO2/c1-15-13(16-2)12-9-14-8-11(12)10-6-4-3-5-7-10/h3-7,11-14H,8-9H2,1-2H3/t11-,12+/m1/s1. The lowest BCUT2D eigenvalue weighted by Crippen LogP contribution is -2.29. The van der Waals surface area contributed by atoms with E-state index in [9.17, 15) is 0 Å². The minimum atomic E-state index is -0.125. The van der Waals surface area contributed by atoms with Crippen LogP contribution < -0.4 is 5.32 Å². The summed E-state index contributed by atoms with van der Waals surface area (Å²) < 4.78 is 10.7. The summed E-state index contributed by atoms with van der Waals surface area (Å²) in [6.45, 7) is 1.95. The van der Waals surface area contributed by atoms with Crippen LogP contribution in [-0.2, 0) is 9.47 Å². The van der Waals surface area contributed by atoms with Gasteiger partial charge in [-0.25, -0.2) is 0 Å². The van der Waals surface area contributed by atoms with Crippen LogP contribution in [0.2, 0.25) is 0 Å². The summed E-state index contributed by atoms with van der Waals surface area (Å²) in [5.74, 6) is 0.864. The first kappa shape index (κ1) is 11.6. The normalized spacial score (nSPS) is 25.2. The fourth-order valence-electron chi connectivity index (χ4n) is 2.50. The Bertz CT molecular complexity index is 311. The van der Waals surface area contributed by atoms with Crippen molar-refractivity contribution in [3.8, 4) is 0 Å². The Hall–Kier alpha value is -0.900. The topological polar surface area (TPSA) is 30.5 Å². The maximum absolute atomic E-state index is 5.37. The highest BCUT2D eigenvalue weighted by Crippen LogP contribution is 2.31. The SMILES string of the molecule is COC(OC)[C@H]1CNC[C@@H]1c1ccccc1. The molecule has 0 amide bonds. The first-order valence-electron chi connectivity index (χ1n) is 5.68. The average Bonchev–Trinajstić information content (AvgIpc) is 2.81.